The zero-order valence-electron chi connectivity index (χ0n) is 10.1. The first-order valence-corrected chi connectivity index (χ1v) is 7.53. The summed E-state index contributed by atoms with van der Waals surface area (Å²) in [7, 11) is 0. The van der Waals surface area contributed by atoms with Gasteiger partial charge in [0.1, 0.15) is 5.78 Å². The minimum atomic E-state index is 0.115. The molecule has 0 N–H and O–H groups in total. The Hall–Kier alpha value is -0.960. The molecule has 4 heteroatoms. The Bertz CT molecular complexity index is 549. The molecular formula is C15H12Cl2OS. The molecule has 0 aliphatic heterocycles. The smallest absolute Gasteiger partial charge is 0.147 e. The number of benzene rings is 2. The highest BCUT2D eigenvalue weighted by molar-refractivity contribution is 8.00. The number of thioether (sulfide) groups is 1. The van der Waals surface area contributed by atoms with Gasteiger partial charge in [0, 0.05) is 21.4 Å². The van der Waals surface area contributed by atoms with Crippen LogP contribution >= 0.6 is 35.0 Å². The van der Waals surface area contributed by atoms with Crippen molar-refractivity contribution in [1.82, 2.24) is 0 Å². The maximum Gasteiger partial charge on any atom is 0.147 e. The average Bonchev–Trinajstić information content (AvgIpc) is 2.42. The Balaban J connectivity index is 1.95. The molecule has 2 rings (SSSR count). The zero-order chi connectivity index (χ0) is 13.7. The van der Waals surface area contributed by atoms with Crippen LogP contribution in [0.5, 0.6) is 0 Å². The van der Waals surface area contributed by atoms with Gasteiger partial charge in [0.05, 0.1) is 5.75 Å². The number of ketones is 1. The van der Waals surface area contributed by atoms with E-state index in [0.717, 1.165) is 4.90 Å². The third-order valence-corrected chi connectivity index (χ3v) is 4.36. The second-order valence-electron chi connectivity index (χ2n) is 4.02. The molecular weight excluding hydrogens is 299 g/mol. The summed E-state index contributed by atoms with van der Waals surface area (Å²) in [6, 6.07) is 15.1. The lowest BCUT2D eigenvalue weighted by Crippen LogP contribution is -2.06. The van der Waals surface area contributed by atoms with Gasteiger partial charge in [-0.05, 0) is 29.8 Å². The molecule has 2 aromatic rings. The van der Waals surface area contributed by atoms with Gasteiger partial charge in [0.15, 0.2) is 0 Å². The highest BCUT2D eigenvalue weighted by Crippen LogP contribution is 2.26. The quantitative estimate of drug-likeness (QED) is 0.731. The van der Waals surface area contributed by atoms with E-state index < -0.39 is 0 Å². The van der Waals surface area contributed by atoms with Crippen molar-refractivity contribution in [2.24, 2.45) is 0 Å². The van der Waals surface area contributed by atoms with E-state index in [1.54, 1.807) is 18.2 Å². The van der Waals surface area contributed by atoms with E-state index in [4.69, 9.17) is 23.2 Å². The summed E-state index contributed by atoms with van der Waals surface area (Å²) in [5.74, 6) is 0.537. The summed E-state index contributed by atoms with van der Waals surface area (Å²) in [5.41, 5.74) is 0.712. The van der Waals surface area contributed by atoms with Crippen LogP contribution in [0.25, 0.3) is 0 Å². The van der Waals surface area contributed by atoms with E-state index in [9.17, 15) is 4.79 Å². The predicted molar refractivity (Wildman–Crippen MR) is 82.3 cm³/mol. The molecule has 2 aromatic carbocycles. The number of Topliss-reactive ketones (excluding diaryl/α,β-unsaturated/α-hetero) is 1. The third kappa shape index (κ3) is 4.27. The van der Waals surface area contributed by atoms with Crippen molar-refractivity contribution in [2.75, 3.05) is 5.75 Å². The van der Waals surface area contributed by atoms with Crippen molar-refractivity contribution in [3.05, 3.63) is 64.1 Å². The number of carbonyl (C=O) groups excluding carboxylic acids is 1. The van der Waals surface area contributed by atoms with Crippen molar-refractivity contribution >= 4 is 40.7 Å². The molecule has 0 fully saturated rings. The molecule has 0 heterocycles. The van der Waals surface area contributed by atoms with Crippen molar-refractivity contribution < 1.29 is 4.79 Å². The number of hydrogen-bond acceptors (Lipinski definition) is 2. The normalized spacial score (nSPS) is 10.4. The fourth-order valence-corrected chi connectivity index (χ4v) is 2.94. The monoisotopic (exact) mass is 310 g/mol. The minimum Gasteiger partial charge on any atom is -0.298 e. The fraction of sp³-hybridized carbons (Fsp3) is 0.133. The molecule has 0 amide bonds. The molecule has 0 saturated heterocycles. The van der Waals surface area contributed by atoms with Gasteiger partial charge in [0.2, 0.25) is 0 Å². The van der Waals surface area contributed by atoms with Crippen LogP contribution in [0.15, 0.2) is 53.4 Å². The van der Waals surface area contributed by atoms with Crippen LogP contribution in [0.2, 0.25) is 10.0 Å². The predicted octanol–water partition coefficient (Wildman–Crippen LogP) is 4.90. The van der Waals surface area contributed by atoms with Gasteiger partial charge in [-0.1, -0.05) is 47.5 Å². The van der Waals surface area contributed by atoms with Crippen LogP contribution in [-0.4, -0.2) is 11.5 Å². The SMILES string of the molecule is O=C(CSc1ccccc1)Cc1c(Cl)cccc1Cl. The summed E-state index contributed by atoms with van der Waals surface area (Å²) in [5, 5.41) is 1.09. The minimum absolute atomic E-state index is 0.115. The van der Waals surface area contributed by atoms with Crippen LogP contribution in [0, 0.1) is 0 Å². The third-order valence-electron chi connectivity index (χ3n) is 2.58. The van der Waals surface area contributed by atoms with Crippen LogP contribution in [-0.2, 0) is 11.2 Å². The van der Waals surface area contributed by atoms with E-state index in [0.29, 0.717) is 21.4 Å². The van der Waals surface area contributed by atoms with Crippen molar-refractivity contribution in [3.8, 4) is 0 Å². The topological polar surface area (TPSA) is 17.1 Å². The molecule has 0 spiro atoms. The summed E-state index contributed by atoms with van der Waals surface area (Å²) >= 11 is 13.6. The van der Waals surface area contributed by atoms with E-state index in [2.05, 4.69) is 0 Å². The number of rotatable bonds is 5. The molecule has 0 saturated carbocycles. The first-order chi connectivity index (χ1) is 9.16. The van der Waals surface area contributed by atoms with Crippen molar-refractivity contribution in [3.63, 3.8) is 0 Å². The molecule has 1 nitrogen and oxygen atoms in total. The Morgan fingerprint density at radius 2 is 1.58 bits per heavy atom. The first kappa shape index (κ1) is 14.4. The van der Waals surface area contributed by atoms with Crippen molar-refractivity contribution in [2.45, 2.75) is 11.3 Å². The molecule has 0 atom stereocenters. The highest BCUT2D eigenvalue weighted by atomic mass is 35.5. The van der Waals surface area contributed by atoms with Gasteiger partial charge < -0.3 is 0 Å². The molecule has 0 aliphatic carbocycles. The van der Waals surface area contributed by atoms with Gasteiger partial charge >= 0.3 is 0 Å². The molecule has 19 heavy (non-hydrogen) atoms. The standard InChI is InChI=1S/C15H12Cl2OS/c16-14-7-4-8-15(17)13(14)9-11(18)10-19-12-5-2-1-3-6-12/h1-8H,9-10H2. The molecule has 0 aliphatic rings. The van der Waals surface area contributed by atoms with E-state index >= 15 is 0 Å². The summed E-state index contributed by atoms with van der Waals surface area (Å²) in [6.45, 7) is 0. The molecule has 98 valence electrons. The summed E-state index contributed by atoms with van der Waals surface area (Å²) < 4.78 is 0. The van der Waals surface area contributed by atoms with Gasteiger partial charge in [-0.2, -0.15) is 0 Å². The number of hydrogen-bond donors (Lipinski definition) is 0. The Morgan fingerprint density at radius 3 is 2.21 bits per heavy atom. The lowest BCUT2D eigenvalue weighted by molar-refractivity contribution is -0.116. The molecule has 0 unspecified atom stereocenters. The average molecular weight is 311 g/mol. The highest BCUT2D eigenvalue weighted by Gasteiger charge is 2.11. The maximum absolute atomic E-state index is 12.0. The zero-order valence-corrected chi connectivity index (χ0v) is 12.4. The van der Waals surface area contributed by atoms with Gasteiger partial charge in [-0.3, -0.25) is 4.79 Å². The Labute approximate surface area is 126 Å². The van der Waals surface area contributed by atoms with E-state index in [1.165, 1.54) is 11.8 Å². The lowest BCUT2D eigenvalue weighted by Gasteiger charge is -2.06. The fourth-order valence-electron chi connectivity index (χ4n) is 1.63. The van der Waals surface area contributed by atoms with Gasteiger partial charge in [0.25, 0.3) is 0 Å². The number of halogens is 2. The van der Waals surface area contributed by atoms with E-state index in [1.807, 2.05) is 30.3 Å². The first-order valence-electron chi connectivity index (χ1n) is 5.79. The molecule has 0 aromatic heterocycles. The van der Waals surface area contributed by atoms with Crippen LogP contribution in [0.1, 0.15) is 5.56 Å². The molecule has 0 bridgehead atoms. The summed E-state index contributed by atoms with van der Waals surface area (Å²) in [4.78, 5) is 13.0. The van der Waals surface area contributed by atoms with Crippen LogP contribution in [0.3, 0.4) is 0 Å². The molecule has 0 radical (unpaired) electrons. The maximum atomic E-state index is 12.0. The van der Waals surface area contributed by atoms with Crippen LogP contribution in [0.4, 0.5) is 0 Å². The van der Waals surface area contributed by atoms with E-state index in [-0.39, 0.29) is 12.2 Å². The largest absolute Gasteiger partial charge is 0.298 e. The second kappa shape index (κ2) is 6.99. The second-order valence-corrected chi connectivity index (χ2v) is 5.88. The lowest BCUT2D eigenvalue weighted by atomic mass is 10.1. The van der Waals surface area contributed by atoms with Crippen LogP contribution < -0.4 is 0 Å². The summed E-state index contributed by atoms with van der Waals surface area (Å²) in [6.07, 6.45) is 0.276. The Morgan fingerprint density at radius 1 is 0.947 bits per heavy atom. The van der Waals surface area contributed by atoms with Gasteiger partial charge in [-0.25, -0.2) is 0 Å². The number of carbonyl (C=O) groups is 1. The Kier molecular flexibility index (Phi) is 5.32. The van der Waals surface area contributed by atoms with Gasteiger partial charge in [-0.15, -0.1) is 11.8 Å². The van der Waals surface area contributed by atoms with Crippen molar-refractivity contribution in [1.29, 1.82) is 0 Å².